The molecule has 0 aliphatic carbocycles. The summed E-state index contributed by atoms with van der Waals surface area (Å²) in [6, 6.07) is 10.7. The number of hydrogen-bond donors (Lipinski definition) is 1. The number of hydrogen-bond acceptors (Lipinski definition) is 4. The van der Waals surface area contributed by atoms with Crippen molar-refractivity contribution in [2.75, 3.05) is 19.6 Å². The van der Waals surface area contributed by atoms with Crippen molar-refractivity contribution in [3.05, 3.63) is 52.2 Å². The lowest BCUT2D eigenvalue weighted by Crippen LogP contribution is -2.74. The highest BCUT2D eigenvalue weighted by Gasteiger charge is 2.61. The van der Waals surface area contributed by atoms with Crippen molar-refractivity contribution < 1.29 is 22.7 Å². The summed E-state index contributed by atoms with van der Waals surface area (Å²) in [4.78, 5) is 17.2. The fourth-order valence-corrected chi connectivity index (χ4v) is 5.55. The maximum absolute atomic E-state index is 13.0. The summed E-state index contributed by atoms with van der Waals surface area (Å²) >= 11 is 1.54. The Balaban J connectivity index is 1.54. The summed E-state index contributed by atoms with van der Waals surface area (Å²) in [6.45, 7) is -0.153. The number of urea groups is 1. The summed E-state index contributed by atoms with van der Waals surface area (Å²) in [6.07, 6.45) is -3.93. The predicted molar refractivity (Wildman–Crippen MR) is 102 cm³/mol. The summed E-state index contributed by atoms with van der Waals surface area (Å²) in [5.41, 5.74) is -0.126. The first-order chi connectivity index (χ1) is 13.9. The maximum Gasteiger partial charge on any atom is 0.401 e. The van der Waals surface area contributed by atoms with E-state index >= 15 is 0 Å². The number of carbonyl (C=O) groups excluding carboxylic acids is 1. The van der Waals surface area contributed by atoms with Crippen LogP contribution in [0.15, 0.2) is 41.8 Å². The summed E-state index contributed by atoms with van der Waals surface area (Å²) in [5.74, 6) is 0.389. The fourth-order valence-electron chi connectivity index (χ4n) is 4.86. The van der Waals surface area contributed by atoms with Gasteiger partial charge in [0.2, 0.25) is 0 Å². The van der Waals surface area contributed by atoms with Gasteiger partial charge in [-0.25, -0.2) is 4.79 Å². The van der Waals surface area contributed by atoms with Crippen LogP contribution in [0.3, 0.4) is 0 Å². The van der Waals surface area contributed by atoms with Gasteiger partial charge >= 0.3 is 12.2 Å². The second-order valence-corrected chi connectivity index (χ2v) is 8.82. The third-order valence-corrected chi connectivity index (χ3v) is 6.90. The Morgan fingerprint density at radius 1 is 1.24 bits per heavy atom. The van der Waals surface area contributed by atoms with Crippen molar-refractivity contribution in [3.8, 4) is 5.75 Å². The summed E-state index contributed by atoms with van der Waals surface area (Å²) in [7, 11) is 0. The van der Waals surface area contributed by atoms with E-state index in [1.165, 1.54) is 4.90 Å². The lowest BCUT2D eigenvalue weighted by molar-refractivity contribution is -0.198. The van der Waals surface area contributed by atoms with Gasteiger partial charge in [0.15, 0.2) is 5.72 Å². The lowest BCUT2D eigenvalue weighted by Gasteiger charge is -2.60. The Morgan fingerprint density at radius 2 is 2.07 bits per heavy atom. The van der Waals surface area contributed by atoms with E-state index in [0.717, 1.165) is 10.4 Å². The number of thiophene rings is 1. The molecule has 1 aromatic carbocycles. The van der Waals surface area contributed by atoms with Crippen LogP contribution in [0.2, 0.25) is 0 Å². The van der Waals surface area contributed by atoms with Gasteiger partial charge in [0.1, 0.15) is 5.75 Å². The van der Waals surface area contributed by atoms with Crippen molar-refractivity contribution in [1.82, 2.24) is 15.1 Å². The van der Waals surface area contributed by atoms with E-state index in [1.54, 1.807) is 16.2 Å². The van der Waals surface area contributed by atoms with Gasteiger partial charge in [-0.15, -0.1) is 11.3 Å². The topological polar surface area (TPSA) is 44.8 Å². The van der Waals surface area contributed by atoms with E-state index in [-0.39, 0.29) is 31.1 Å². The van der Waals surface area contributed by atoms with Crippen LogP contribution < -0.4 is 10.1 Å². The Labute approximate surface area is 170 Å². The summed E-state index contributed by atoms with van der Waals surface area (Å²) < 4.78 is 45.6. The zero-order chi connectivity index (χ0) is 20.2. The molecular formula is C20H20F3N3O2S. The van der Waals surface area contributed by atoms with Gasteiger partial charge in [-0.3, -0.25) is 9.80 Å². The number of piperidine rings is 1. The van der Waals surface area contributed by atoms with Gasteiger partial charge in [0.25, 0.3) is 0 Å². The molecule has 3 aliphatic rings. The standard InChI is InChI=1S/C20H20F3N3O2S/c21-20(22,23)12-25-8-7-19-15(11-25)17(14-5-1-2-6-16(14)28-19)24-18(27)26(19)10-13-4-3-9-29-13/h1-6,9,15,17H,7-8,10-12H2,(H,24,27). The van der Waals surface area contributed by atoms with Crippen LogP contribution >= 0.6 is 11.3 Å². The van der Waals surface area contributed by atoms with Gasteiger partial charge < -0.3 is 10.1 Å². The number of ether oxygens (including phenoxy) is 1. The highest BCUT2D eigenvalue weighted by Crippen LogP contribution is 2.52. The number of amides is 2. The van der Waals surface area contributed by atoms with Crippen molar-refractivity contribution in [3.63, 3.8) is 0 Å². The molecule has 1 N–H and O–H groups in total. The molecule has 3 unspecified atom stereocenters. The lowest BCUT2D eigenvalue weighted by atomic mass is 9.74. The first-order valence-electron chi connectivity index (χ1n) is 9.53. The molecule has 2 amide bonds. The zero-order valence-corrected chi connectivity index (χ0v) is 16.3. The Morgan fingerprint density at radius 3 is 2.83 bits per heavy atom. The number of carbonyl (C=O) groups is 1. The number of nitrogens with one attached hydrogen (secondary N) is 1. The van der Waals surface area contributed by atoms with Gasteiger partial charge in [0.05, 0.1) is 25.0 Å². The van der Waals surface area contributed by atoms with Crippen LogP contribution in [0.5, 0.6) is 5.75 Å². The van der Waals surface area contributed by atoms with Gasteiger partial charge in [-0.05, 0) is 17.5 Å². The number of para-hydroxylation sites is 1. The van der Waals surface area contributed by atoms with E-state index in [1.807, 2.05) is 41.8 Å². The minimum Gasteiger partial charge on any atom is -0.467 e. The number of nitrogens with zero attached hydrogens (tertiary/aromatic N) is 2. The maximum atomic E-state index is 13.0. The molecular weight excluding hydrogens is 403 g/mol. The Bertz CT molecular complexity index is 920. The SMILES string of the molecule is O=C1NC2c3ccccc3OC3(CCN(CC(F)(F)F)CC23)N1Cc1cccs1. The van der Waals surface area contributed by atoms with Gasteiger partial charge in [0, 0.05) is 30.0 Å². The quantitative estimate of drug-likeness (QED) is 0.812. The van der Waals surface area contributed by atoms with Crippen LogP contribution in [-0.4, -0.2) is 47.4 Å². The largest absolute Gasteiger partial charge is 0.467 e. The average molecular weight is 423 g/mol. The summed E-state index contributed by atoms with van der Waals surface area (Å²) in [5, 5.41) is 4.99. The molecule has 3 aliphatic heterocycles. The molecule has 2 saturated heterocycles. The second kappa shape index (κ2) is 6.63. The molecule has 3 atom stereocenters. The van der Waals surface area contributed by atoms with E-state index in [9.17, 15) is 18.0 Å². The van der Waals surface area contributed by atoms with E-state index in [4.69, 9.17) is 4.74 Å². The van der Waals surface area contributed by atoms with Gasteiger partial charge in [-0.2, -0.15) is 13.2 Å². The molecule has 9 heteroatoms. The van der Waals surface area contributed by atoms with Crippen LogP contribution in [0.25, 0.3) is 0 Å². The average Bonchev–Trinajstić information content (AvgIpc) is 3.17. The normalized spacial score (nSPS) is 28.9. The second-order valence-electron chi connectivity index (χ2n) is 7.78. The molecule has 154 valence electrons. The van der Waals surface area contributed by atoms with Crippen molar-refractivity contribution in [2.45, 2.75) is 30.9 Å². The Kier molecular flexibility index (Phi) is 4.29. The molecule has 5 nitrogen and oxygen atoms in total. The van der Waals surface area contributed by atoms with Crippen molar-refractivity contribution in [1.29, 1.82) is 0 Å². The molecule has 5 rings (SSSR count). The van der Waals surface area contributed by atoms with Crippen LogP contribution in [0, 0.1) is 5.92 Å². The molecule has 4 heterocycles. The van der Waals surface area contributed by atoms with E-state index < -0.39 is 18.4 Å². The molecule has 2 aromatic rings. The molecule has 2 fully saturated rings. The molecule has 1 aromatic heterocycles. The molecule has 2 bridgehead atoms. The van der Waals surface area contributed by atoms with Crippen LogP contribution in [-0.2, 0) is 6.54 Å². The predicted octanol–water partition coefficient (Wildman–Crippen LogP) is 3.99. The molecule has 0 radical (unpaired) electrons. The van der Waals surface area contributed by atoms with Crippen molar-refractivity contribution >= 4 is 17.4 Å². The minimum absolute atomic E-state index is 0.208. The zero-order valence-electron chi connectivity index (χ0n) is 15.5. The van der Waals surface area contributed by atoms with E-state index in [0.29, 0.717) is 18.7 Å². The number of fused-ring (bicyclic) bond motifs is 2. The highest BCUT2D eigenvalue weighted by molar-refractivity contribution is 7.09. The molecule has 0 saturated carbocycles. The first kappa shape index (κ1) is 18.7. The third-order valence-electron chi connectivity index (χ3n) is 6.04. The fraction of sp³-hybridized carbons (Fsp3) is 0.450. The molecule has 0 spiro atoms. The number of alkyl halides is 3. The smallest absolute Gasteiger partial charge is 0.401 e. The first-order valence-corrected chi connectivity index (χ1v) is 10.4. The Hall–Kier alpha value is -2.26. The minimum atomic E-state index is -4.26. The highest BCUT2D eigenvalue weighted by atomic mass is 32.1. The van der Waals surface area contributed by atoms with Crippen LogP contribution in [0.1, 0.15) is 22.9 Å². The monoisotopic (exact) mass is 423 g/mol. The van der Waals surface area contributed by atoms with E-state index in [2.05, 4.69) is 5.32 Å². The number of likely N-dealkylation sites (tertiary alicyclic amines) is 1. The third kappa shape index (κ3) is 3.16. The number of rotatable bonds is 3. The van der Waals surface area contributed by atoms with Crippen LogP contribution in [0.4, 0.5) is 18.0 Å². The van der Waals surface area contributed by atoms with Crippen molar-refractivity contribution in [2.24, 2.45) is 5.92 Å². The molecule has 29 heavy (non-hydrogen) atoms. The van der Waals surface area contributed by atoms with Gasteiger partial charge in [-0.1, -0.05) is 24.3 Å². The number of benzene rings is 1. The number of halogens is 3.